The normalized spacial score (nSPS) is 23.1. The van der Waals surface area contributed by atoms with E-state index in [-0.39, 0.29) is 5.52 Å². The predicted octanol–water partition coefficient (Wildman–Crippen LogP) is 2.27. The van der Waals surface area contributed by atoms with Gasteiger partial charge in [0.05, 0.1) is 5.52 Å². The highest BCUT2D eigenvalue weighted by atomic mass is 19.1. The third kappa shape index (κ3) is 3.10. The van der Waals surface area contributed by atoms with Gasteiger partial charge in [-0.25, -0.2) is 9.18 Å². The lowest BCUT2D eigenvalue weighted by Crippen LogP contribution is -2.39. The van der Waals surface area contributed by atoms with Crippen molar-refractivity contribution in [2.24, 2.45) is 11.8 Å². The molecule has 2 aromatic rings. The van der Waals surface area contributed by atoms with Gasteiger partial charge in [0.2, 0.25) is 0 Å². The minimum Gasteiger partial charge on any atom is -0.477 e. The summed E-state index contributed by atoms with van der Waals surface area (Å²) in [5.74, 6) is -0.796. The average Bonchev–Trinajstić information content (AvgIpc) is 3.19. The van der Waals surface area contributed by atoms with Crippen molar-refractivity contribution in [3.63, 3.8) is 0 Å². The highest BCUT2D eigenvalue weighted by Gasteiger charge is 2.30. The van der Waals surface area contributed by atoms with Crippen LogP contribution in [0, 0.1) is 24.6 Å². The summed E-state index contributed by atoms with van der Waals surface area (Å²) in [7, 11) is 0. The van der Waals surface area contributed by atoms with Gasteiger partial charge in [-0.2, -0.15) is 0 Å². The molecule has 7 heteroatoms. The number of carbonyl (C=O) groups is 1. The topological polar surface area (TPSA) is 74.0 Å². The fourth-order valence-corrected chi connectivity index (χ4v) is 4.69. The molecule has 0 aliphatic carbocycles. The lowest BCUT2D eigenvalue weighted by atomic mass is 9.84. The van der Waals surface area contributed by atoms with Crippen LogP contribution in [0.3, 0.4) is 0 Å². The van der Waals surface area contributed by atoms with Crippen LogP contribution < -0.4 is 15.8 Å². The molecule has 2 saturated heterocycles. The smallest absolute Gasteiger partial charge is 0.341 e. The van der Waals surface area contributed by atoms with Gasteiger partial charge in [0.1, 0.15) is 11.4 Å². The first-order chi connectivity index (χ1) is 13.0. The van der Waals surface area contributed by atoms with Gasteiger partial charge in [0, 0.05) is 25.0 Å². The Morgan fingerprint density at radius 1 is 1.33 bits per heavy atom. The summed E-state index contributed by atoms with van der Waals surface area (Å²) < 4.78 is 15.8. The standard InChI is InChI=1S/C20H24FN3O3/c1-12-17(23-7-2-3-14(11-23)13-4-6-22-10-13)5-8-24-18(12)16(21)9-15(19(24)25)20(26)27/h5,8-9,13-14,22H,2-4,6-7,10-11H2,1H3,(H,26,27). The monoisotopic (exact) mass is 373 g/mol. The molecule has 0 spiro atoms. The fourth-order valence-electron chi connectivity index (χ4n) is 4.69. The van der Waals surface area contributed by atoms with Gasteiger partial charge in [0.15, 0.2) is 0 Å². The molecule has 2 atom stereocenters. The fraction of sp³-hybridized carbons (Fsp3) is 0.500. The molecule has 6 nitrogen and oxygen atoms in total. The highest BCUT2D eigenvalue weighted by molar-refractivity contribution is 5.88. The molecule has 2 fully saturated rings. The molecule has 4 rings (SSSR count). The van der Waals surface area contributed by atoms with Gasteiger partial charge in [-0.3, -0.25) is 9.20 Å². The van der Waals surface area contributed by atoms with Crippen LogP contribution >= 0.6 is 0 Å². The lowest BCUT2D eigenvalue weighted by molar-refractivity contribution is 0.0694. The number of hydrogen-bond acceptors (Lipinski definition) is 4. The molecule has 2 aromatic heterocycles. The van der Waals surface area contributed by atoms with Gasteiger partial charge in [-0.15, -0.1) is 0 Å². The first-order valence-corrected chi connectivity index (χ1v) is 9.51. The quantitative estimate of drug-likeness (QED) is 0.863. The number of rotatable bonds is 3. The number of pyridine rings is 2. The van der Waals surface area contributed by atoms with E-state index < -0.39 is 22.9 Å². The second-order valence-electron chi connectivity index (χ2n) is 7.66. The lowest BCUT2D eigenvalue weighted by Gasteiger charge is -2.38. The molecule has 2 N–H and O–H groups in total. The minimum absolute atomic E-state index is 0.159. The second kappa shape index (κ2) is 6.96. The number of halogens is 1. The Morgan fingerprint density at radius 2 is 2.15 bits per heavy atom. The number of carboxylic acids is 1. The molecule has 2 unspecified atom stereocenters. The van der Waals surface area contributed by atoms with Crippen LogP contribution in [0.4, 0.5) is 10.1 Å². The number of piperidine rings is 1. The molecule has 0 radical (unpaired) electrons. The molecule has 0 amide bonds. The molecular formula is C20H24FN3O3. The van der Waals surface area contributed by atoms with Crippen molar-refractivity contribution in [3.8, 4) is 0 Å². The number of nitrogens with one attached hydrogen (secondary N) is 1. The zero-order valence-corrected chi connectivity index (χ0v) is 15.4. The zero-order chi connectivity index (χ0) is 19.1. The summed E-state index contributed by atoms with van der Waals surface area (Å²) in [6.07, 6.45) is 5.01. The van der Waals surface area contributed by atoms with Crippen LogP contribution in [0.1, 0.15) is 35.2 Å². The van der Waals surface area contributed by atoms with E-state index in [2.05, 4.69) is 10.2 Å². The van der Waals surface area contributed by atoms with E-state index in [1.165, 1.54) is 19.0 Å². The van der Waals surface area contributed by atoms with Crippen molar-refractivity contribution in [2.75, 3.05) is 31.1 Å². The molecule has 0 saturated carbocycles. The molecule has 0 aromatic carbocycles. The number of aromatic carboxylic acids is 1. The maximum atomic E-state index is 14.7. The van der Waals surface area contributed by atoms with Crippen molar-refractivity contribution in [1.82, 2.24) is 9.72 Å². The molecule has 4 heterocycles. The zero-order valence-electron chi connectivity index (χ0n) is 15.4. The molecule has 2 aliphatic heterocycles. The van der Waals surface area contributed by atoms with E-state index in [4.69, 9.17) is 5.11 Å². The largest absolute Gasteiger partial charge is 0.477 e. The Bertz CT molecular complexity index is 950. The second-order valence-corrected chi connectivity index (χ2v) is 7.66. The number of carboxylic acid groups (broad SMARTS) is 1. The SMILES string of the molecule is Cc1c(N2CCCC(C3CCNC3)C2)ccn2c(=O)c(C(=O)O)cc(F)c12. The number of hydrogen-bond donors (Lipinski definition) is 2. The summed E-state index contributed by atoms with van der Waals surface area (Å²) in [6, 6.07) is 2.64. The summed E-state index contributed by atoms with van der Waals surface area (Å²) >= 11 is 0. The molecule has 144 valence electrons. The van der Waals surface area contributed by atoms with Gasteiger partial charge in [0.25, 0.3) is 5.56 Å². The highest BCUT2D eigenvalue weighted by Crippen LogP contribution is 2.33. The maximum Gasteiger partial charge on any atom is 0.341 e. The summed E-state index contributed by atoms with van der Waals surface area (Å²) in [4.78, 5) is 25.9. The first-order valence-electron chi connectivity index (χ1n) is 9.51. The van der Waals surface area contributed by atoms with Crippen molar-refractivity contribution in [3.05, 3.63) is 45.6 Å². The number of anilines is 1. The van der Waals surface area contributed by atoms with Crippen LogP contribution in [-0.4, -0.2) is 41.7 Å². The third-order valence-corrected chi connectivity index (χ3v) is 6.10. The Labute approximate surface area is 156 Å². The Balaban J connectivity index is 1.73. The summed E-state index contributed by atoms with van der Waals surface area (Å²) in [6.45, 7) is 5.79. The van der Waals surface area contributed by atoms with Gasteiger partial charge < -0.3 is 15.3 Å². The number of fused-ring (bicyclic) bond motifs is 1. The number of aromatic nitrogens is 1. The van der Waals surface area contributed by atoms with Crippen molar-refractivity contribution < 1.29 is 14.3 Å². The van der Waals surface area contributed by atoms with Crippen LogP contribution in [0.5, 0.6) is 0 Å². The van der Waals surface area contributed by atoms with Crippen molar-refractivity contribution in [2.45, 2.75) is 26.2 Å². The molecule has 27 heavy (non-hydrogen) atoms. The van der Waals surface area contributed by atoms with E-state index in [9.17, 15) is 14.0 Å². The Kier molecular flexibility index (Phi) is 4.63. The van der Waals surface area contributed by atoms with Crippen molar-refractivity contribution >= 4 is 17.2 Å². The Hall–Kier alpha value is -2.41. The van der Waals surface area contributed by atoms with E-state index in [1.807, 2.05) is 6.07 Å². The van der Waals surface area contributed by atoms with Gasteiger partial charge in [-0.1, -0.05) is 0 Å². The molecule has 0 bridgehead atoms. The van der Waals surface area contributed by atoms with E-state index in [0.29, 0.717) is 17.4 Å². The van der Waals surface area contributed by atoms with E-state index >= 15 is 0 Å². The predicted molar refractivity (Wildman–Crippen MR) is 101 cm³/mol. The third-order valence-electron chi connectivity index (χ3n) is 6.10. The van der Waals surface area contributed by atoms with Gasteiger partial charge in [-0.05, 0) is 68.8 Å². The van der Waals surface area contributed by atoms with Crippen LogP contribution in [-0.2, 0) is 0 Å². The molecular weight excluding hydrogens is 349 g/mol. The molecule has 2 aliphatic rings. The summed E-state index contributed by atoms with van der Waals surface area (Å²) in [5, 5.41) is 12.6. The minimum atomic E-state index is -1.42. The first kappa shape index (κ1) is 18.0. The van der Waals surface area contributed by atoms with Gasteiger partial charge >= 0.3 is 5.97 Å². The van der Waals surface area contributed by atoms with Crippen molar-refractivity contribution in [1.29, 1.82) is 0 Å². The maximum absolute atomic E-state index is 14.7. The average molecular weight is 373 g/mol. The number of aryl methyl sites for hydroxylation is 1. The summed E-state index contributed by atoms with van der Waals surface area (Å²) in [5.41, 5.74) is 0.499. The van der Waals surface area contributed by atoms with Crippen LogP contribution in [0.15, 0.2) is 23.1 Å². The Morgan fingerprint density at radius 3 is 2.85 bits per heavy atom. The van der Waals surface area contributed by atoms with Crippen LogP contribution in [0.25, 0.3) is 5.52 Å². The van der Waals surface area contributed by atoms with E-state index in [1.54, 1.807) is 6.92 Å². The van der Waals surface area contributed by atoms with E-state index in [0.717, 1.165) is 48.8 Å². The number of nitrogens with zero attached hydrogens (tertiary/aromatic N) is 2. The van der Waals surface area contributed by atoms with Crippen LogP contribution in [0.2, 0.25) is 0 Å².